The number of benzene rings is 1. The van der Waals surface area contributed by atoms with E-state index in [9.17, 15) is 14.4 Å². The van der Waals surface area contributed by atoms with Crippen molar-refractivity contribution in [3.8, 4) is 0 Å². The molecule has 0 bridgehead atoms. The summed E-state index contributed by atoms with van der Waals surface area (Å²) < 4.78 is 0. The zero-order valence-corrected chi connectivity index (χ0v) is 19.1. The number of rotatable bonds is 9. The summed E-state index contributed by atoms with van der Waals surface area (Å²) in [5.41, 5.74) is 0.503. The van der Waals surface area contributed by atoms with Crippen LogP contribution in [0, 0.1) is 11.8 Å². The van der Waals surface area contributed by atoms with Crippen LogP contribution in [-0.4, -0.2) is 35.7 Å². The van der Waals surface area contributed by atoms with E-state index in [2.05, 4.69) is 26.1 Å². The number of urea groups is 1. The van der Waals surface area contributed by atoms with E-state index < -0.39 is 5.41 Å². The number of nitrogens with zero attached hydrogens (tertiary/aromatic N) is 1. The third-order valence-electron chi connectivity index (χ3n) is 6.42. The maximum absolute atomic E-state index is 12.9. The molecule has 1 saturated heterocycles. The molecule has 1 atom stereocenters. The Hall–Kier alpha value is -2.17. The van der Waals surface area contributed by atoms with Gasteiger partial charge in [-0.3, -0.25) is 14.9 Å². The highest BCUT2D eigenvalue weighted by Crippen LogP contribution is 2.37. The zero-order valence-electron chi connectivity index (χ0n) is 19.1. The minimum atomic E-state index is -0.529. The summed E-state index contributed by atoms with van der Waals surface area (Å²) >= 11 is 0. The molecule has 1 heterocycles. The Morgan fingerprint density at radius 3 is 2.17 bits per heavy atom. The highest BCUT2D eigenvalue weighted by atomic mass is 16.2. The molecule has 30 heavy (non-hydrogen) atoms. The van der Waals surface area contributed by atoms with Crippen molar-refractivity contribution in [2.75, 3.05) is 13.1 Å². The van der Waals surface area contributed by atoms with Crippen LogP contribution in [0.2, 0.25) is 0 Å². The molecule has 0 spiro atoms. The summed E-state index contributed by atoms with van der Waals surface area (Å²) in [6.07, 6.45) is 5.18. The normalized spacial score (nSPS) is 16.9. The number of likely N-dealkylation sites (tertiary alicyclic amines) is 1. The van der Waals surface area contributed by atoms with E-state index in [1.54, 1.807) is 4.90 Å². The molecule has 1 aromatic rings. The molecule has 0 unspecified atom stereocenters. The molecule has 2 rings (SSSR count). The molecule has 1 aliphatic heterocycles. The second-order valence-electron chi connectivity index (χ2n) is 8.96. The fraction of sp³-hybridized carbons (Fsp3) is 0.640. The number of hydrogen-bond acceptors (Lipinski definition) is 3. The Bertz CT molecular complexity index is 706. The SMILES string of the molecule is CCC[C@@H](CCC(C)C)C(=O)NC(=O)N1CCC(C(=O)CC)(c2ccccc2)CC1. The van der Waals surface area contributed by atoms with Crippen molar-refractivity contribution in [3.05, 3.63) is 35.9 Å². The fourth-order valence-corrected chi connectivity index (χ4v) is 4.49. The maximum atomic E-state index is 12.9. The molecule has 5 nitrogen and oxygen atoms in total. The van der Waals surface area contributed by atoms with Gasteiger partial charge in [0.15, 0.2) is 0 Å². The number of piperidine rings is 1. The van der Waals surface area contributed by atoms with Crippen LogP contribution in [0.3, 0.4) is 0 Å². The van der Waals surface area contributed by atoms with Crippen molar-refractivity contribution >= 4 is 17.7 Å². The summed E-state index contributed by atoms with van der Waals surface area (Å²) in [4.78, 5) is 40.0. The van der Waals surface area contributed by atoms with Gasteiger partial charge >= 0.3 is 6.03 Å². The van der Waals surface area contributed by atoms with Gasteiger partial charge in [0.1, 0.15) is 5.78 Å². The number of hydrogen-bond donors (Lipinski definition) is 1. The van der Waals surface area contributed by atoms with Crippen molar-refractivity contribution < 1.29 is 14.4 Å². The van der Waals surface area contributed by atoms with E-state index in [0.717, 1.165) is 31.2 Å². The standard InChI is InChI=1S/C25H38N2O3/c1-5-10-20(14-13-19(3)4)23(29)26-24(30)27-17-15-25(16-18-27,22(28)6-2)21-11-8-7-9-12-21/h7-9,11-12,19-20H,5-6,10,13-18H2,1-4H3,(H,26,29,30)/t20-/m0/s1. The molecule has 5 heteroatoms. The zero-order chi connectivity index (χ0) is 22.1. The summed E-state index contributed by atoms with van der Waals surface area (Å²) in [6.45, 7) is 9.22. The topological polar surface area (TPSA) is 66.5 Å². The number of carbonyl (C=O) groups excluding carboxylic acids is 3. The lowest BCUT2D eigenvalue weighted by molar-refractivity contribution is -0.127. The first-order chi connectivity index (χ1) is 14.3. The lowest BCUT2D eigenvalue weighted by atomic mass is 9.69. The number of Topliss-reactive ketones (excluding diaryl/α,β-unsaturated/α-hetero) is 1. The molecule has 3 amide bonds. The Balaban J connectivity index is 2.01. The van der Waals surface area contributed by atoms with Gasteiger partial charge in [-0.2, -0.15) is 0 Å². The molecule has 0 aromatic heterocycles. The van der Waals surface area contributed by atoms with Crippen LogP contribution < -0.4 is 5.32 Å². The number of imide groups is 1. The van der Waals surface area contributed by atoms with E-state index in [0.29, 0.717) is 38.3 Å². The molecule has 166 valence electrons. The van der Waals surface area contributed by atoms with Crippen LogP contribution in [0.5, 0.6) is 0 Å². The van der Waals surface area contributed by atoms with Gasteiger partial charge in [-0.25, -0.2) is 4.79 Å². The maximum Gasteiger partial charge on any atom is 0.324 e. The Labute approximate surface area is 181 Å². The molecular weight excluding hydrogens is 376 g/mol. The van der Waals surface area contributed by atoms with Crippen molar-refractivity contribution in [1.29, 1.82) is 0 Å². The lowest BCUT2D eigenvalue weighted by Gasteiger charge is -2.41. The van der Waals surface area contributed by atoms with Crippen molar-refractivity contribution in [2.45, 2.75) is 78.1 Å². The van der Waals surface area contributed by atoms with Crippen LogP contribution in [0.15, 0.2) is 30.3 Å². The number of ketones is 1. The van der Waals surface area contributed by atoms with Crippen LogP contribution in [-0.2, 0) is 15.0 Å². The first-order valence-corrected chi connectivity index (χ1v) is 11.5. The highest BCUT2D eigenvalue weighted by Gasteiger charge is 2.42. The van der Waals surface area contributed by atoms with Gasteiger partial charge in [-0.15, -0.1) is 0 Å². The Morgan fingerprint density at radius 2 is 1.63 bits per heavy atom. The highest BCUT2D eigenvalue weighted by molar-refractivity contribution is 5.96. The predicted octanol–water partition coefficient (Wildman–Crippen LogP) is 5.09. The number of nitrogens with one attached hydrogen (secondary N) is 1. The average Bonchev–Trinajstić information content (AvgIpc) is 2.76. The van der Waals surface area contributed by atoms with Gasteiger partial charge in [0.2, 0.25) is 5.91 Å². The second-order valence-corrected chi connectivity index (χ2v) is 8.96. The Kier molecular flexibility index (Phi) is 9.07. The molecule has 0 saturated carbocycles. The largest absolute Gasteiger partial charge is 0.324 e. The Morgan fingerprint density at radius 1 is 1.00 bits per heavy atom. The first-order valence-electron chi connectivity index (χ1n) is 11.5. The van der Waals surface area contributed by atoms with Gasteiger partial charge in [0.25, 0.3) is 0 Å². The molecule has 1 N–H and O–H groups in total. The van der Waals surface area contributed by atoms with Crippen LogP contribution in [0.1, 0.15) is 78.2 Å². The van der Waals surface area contributed by atoms with Gasteiger partial charge in [-0.05, 0) is 37.2 Å². The predicted molar refractivity (Wildman–Crippen MR) is 120 cm³/mol. The minimum Gasteiger partial charge on any atom is -0.324 e. The molecule has 0 radical (unpaired) electrons. The van der Waals surface area contributed by atoms with Crippen LogP contribution in [0.4, 0.5) is 4.79 Å². The van der Waals surface area contributed by atoms with Crippen LogP contribution in [0.25, 0.3) is 0 Å². The molecule has 1 fully saturated rings. The fourth-order valence-electron chi connectivity index (χ4n) is 4.49. The first kappa shape index (κ1) is 24.1. The lowest BCUT2D eigenvalue weighted by Crippen LogP contribution is -2.53. The van der Waals surface area contributed by atoms with E-state index in [4.69, 9.17) is 0 Å². The number of amides is 3. The van der Waals surface area contributed by atoms with Crippen molar-refractivity contribution in [3.63, 3.8) is 0 Å². The molecule has 1 aliphatic rings. The quantitative estimate of drug-likeness (QED) is 0.612. The van der Waals surface area contributed by atoms with E-state index in [-0.39, 0.29) is 23.6 Å². The second kappa shape index (κ2) is 11.3. The van der Waals surface area contributed by atoms with Crippen LogP contribution >= 0.6 is 0 Å². The van der Waals surface area contributed by atoms with Gasteiger partial charge in [0, 0.05) is 25.4 Å². The monoisotopic (exact) mass is 414 g/mol. The van der Waals surface area contributed by atoms with Crippen molar-refractivity contribution in [1.82, 2.24) is 10.2 Å². The van der Waals surface area contributed by atoms with E-state index >= 15 is 0 Å². The summed E-state index contributed by atoms with van der Waals surface area (Å²) in [6, 6.07) is 9.57. The summed E-state index contributed by atoms with van der Waals surface area (Å²) in [7, 11) is 0. The molecule has 1 aromatic carbocycles. The third kappa shape index (κ3) is 5.93. The number of carbonyl (C=O) groups is 3. The van der Waals surface area contributed by atoms with Gasteiger partial charge in [-0.1, -0.05) is 70.9 Å². The molecule has 0 aliphatic carbocycles. The van der Waals surface area contributed by atoms with Gasteiger partial charge in [0.05, 0.1) is 5.41 Å². The minimum absolute atomic E-state index is 0.115. The smallest absolute Gasteiger partial charge is 0.324 e. The summed E-state index contributed by atoms with van der Waals surface area (Å²) in [5.74, 6) is 0.488. The van der Waals surface area contributed by atoms with E-state index in [1.165, 1.54) is 0 Å². The third-order valence-corrected chi connectivity index (χ3v) is 6.42. The average molecular weight is 415 g/mol. The van der Waals surface area contributed by atoms with Crippen molar-refractivity contribution in [2.24, 2.45) is 11.8 Å². The molecular formula is C25H38N2O3. The summed E-state index contributed by atoms with van der Waals surface area (Å²) in [5, 5.41) is 2.63. The van der Waals surface area contributed by atoms with E-state index in [1.807, 2.05) is 37.3 Å². The van der Waals surface area contributed by atoms with Gasteiger partial charge < -0.3 is 4.90 Å².